The van der Waals surface area contributed by atoms with Gasteiger partial charge in [0.25, 0.3) is 0 Å². The highest BCUT2D eigenvalue weighted by Gasteiger charge is 2.05. The predicted octanol–water partition coefficient (Wildman–Crippen LogP) is 1.22. The molecule has 0 heterocycles. The van der Waals surface area contributed by atoms with Gasteiger partial charge in [0, 0.05) is 5.75 Å². The number of carbonyl (C=O) groups excluding carboxylic acids is 1. The molecule has 1 amide bonds. The second-order valence-corrected chi connectivity index (χ2v) is 2.25. The zero-order chi connectivity index (χ0) is 8.69. The van der Waals surface area contributed by atoms with E-state index in [0.717, 1.165) is 0 Å². The molecule has 0 fully saturated rings. The Morgan fingerprint density at radius 1 is 1.91 bits per heavy atom. The van der Waals surface area contributed by atoms with Crippen molar-refractivity contribution in [3.05, 3.63) is 12.7 Å². The summed E-state index contributed by atoms with van der Waals surface area (Å²) in [5.41, 5.74) is 0. The summed E-state index contributed by atoms with van der Waals surface area (Å²) in [5, 5.41) is 2.56. The fraction of sp³-hybridized carbons (Fsp3) is 0.571. The van der Waals surface area contributed by atoms with Crippen LogP contribution in [0.2, 0.25) is 0 Å². The highest BCUT2D eigenvalue weighted by molar-refractivity contribution is 7.80. The molecule has 0 aliphatic carbocycles. The molecule has 0 saturated heterocycles. The van der Waals surface area contributed by atoms with E-state index >= 15 is 0 Å². The average molecular weight is 175 g/mol. The highest BCUT2D eigenvalue weighted by atomic mass is 32.1. The number of hydrogen-bond acceptors (Lipinski definition) is 3. The van der Waals surface area contributed by atoms with Crippen LogP contribution in [0.25, 0.3) is 0 Å². The largest absolute Gasteiger partial charge is 0.450 e. The minimum atomic E-state index is -0.425. The van der Waals surface area contributed by atoms with Gasteiger partial charge >= 0.3 is 6.09 Å². The van der Waals surface area contributed by atoms with Crippen LogP contribution in [0, 0.1) is 0 Å². The SMILES string of the molecule is C=CC(CS)NC(=O)OCC. The van der Waals surface area contributed by atoms with E-state index in [1.54, 1.807) is 13.0 Å². The molecule has 4 heteroatoms. The van der Waals surface area contributed by atoms with E-state index in [-0.39, 0.29) is 6.04 Å². The first-order valence-electron chi connectivity index (χ1n) is 3.41. The maximum absolute atomic E-state index is 10.8. The summed E-state index contributed by atoms with van der Waals surface area (Å²) in [5.74, 6) is 0.530. The van der Waals surface area contributed by atoms with Crippen LogP contribution in [-0.4, -0.2) is 24.5 Å². The maximum Gasteiger partial charge on any atom is 0.407 e. The van der Waals surface area contributed by atoms with E-state index < -0.39 is 6.09 Å². The summed E-state index contributed by atoms with van der Waals surface area (Å²) in [6.07, 6.45) is 1.19. The molecule has 11 heavy (non-hydrogen) atoms. The average Bonchev–Trinajstić information content (AvgIpc) is 2.01. The van der Waals surface area contributed by atoms with E-state index in [9.17, 15) is 4.79 Å². The third-order valence-corrected chi connectivity index (χ3v) is 1.45. The van der Waals surface area contributed by atoms with E-state index in [2.05, 4.69) is 29.3 Å². The van der Waals surface area contributed by atoms with Crippen LogP contribution >= 0.6 is 12.6 Å². The Morgan fingerprint density at radius 2 is 2.55 bits per heavy atom. The normalized spacial score (nSPS) is 11.8. The summed E-state index contributed by atoms with van der Waals surface area (Å²) in [7, 11) is 0. The van der Waals surface area contributed by atoms with Gasteiger partial charge in [-0.3, -0.25) is 0 Å². The van der Waals surface area contributed by atoms with Crippen molar-refractivity contribution in [1.82, 2.24) is 5.32 Å². The van der Waals surface area contributed by atoms with Gasteiger partial charge in [-0.1, -0.05) is 6.08 Å². The molecular weight excluding hydrogens is 162 g/mol. The first kappa shape index (κ1) is 10.4. The summed E-state index contributed by atoms with van der Waals surface area (Å²) < 4.78 is 4.64. The Morgan fingerprint density at radius 3 is 2.91 bits per heavy atom. The smallest absolute Gasteiger partial charge is 0.407 e. The number of rotatable bonds is 4. The molecule has 1 atom stereocenters. The van der Waals surface area contributed by atoms with Gasteiger partial charge in [0.05, 0.1) is 12.6 Å². The van der Waals surface area contributed by atoms with Crippen molar-refractivity contribution in [1.29, 1.82) is 0 Å². The second-order valence-electron chi connectivity index (χ2n) is 1.89. The third-order valence-electron chi connectivity index (χ3n) is 1.06. The van der Waals surface area contributed by atoms with Crippen LogP contribution in [0.15, 0.2) is 12.7 Å². The van der Waals surface area contributed by atoms with Gasteiger partial charge < -0.3 is 10.1 Å². The zero-order valence-electron chi connectivity index (χ0n) is 6.54. The molecule has 0 spiro atoms. The van der Waals surface area contributed by atoms with Crippen molar-refractivity contribution in [2.45, 2.75) is 13.0 Å². The number of thiol groups is 1. The van der Waals surface area contributed by atoms with E-state index in [4.69, 9.17) is 0 Å². The van der Waals surface area contributed by atoms with Crippen LogP contribution in [-0.2, 0) is 4.74 Å². The molecule has 0 aliphatic rings. The van der Waals surface area contributed by atoms with Gasteiger partial charge in [0.1, 0.15) is 0 Å². The number of carbonyl (C=O) groups is 1. The monoisotopic (exact) mass is 175 g/mol. The van der Waals surface area contributed by atoms with E-state index in [0.29, 0.717) is 12.4 Å². The van der Waals surface area contributed by atoms with Crippen LogP contribution in [0.4, 0.5) is 4.79 Å². The van der Waals surface area contributed by atoms with E-state index in [1.165, 1.54) is 0 Å². The van der Waals surface area contributed by atoms with Crippen molar-refractivity contribution >= 4 is 18.7 Å². The fourth-order valence-electron chi connectivity index (χ4n) is 0.503. The lowest BCUT2D eigenvalue weighted by molar-refractivity contribution is 0.151. The van der Waals surface area contributed by atoms with Gasteiger partial charge in [-0.15, -0.1) is 6.58 Å². The number of alkyl carbamates (subject to hydrolysis) is 1. The van der Waals surface area contributed by atoms with Crippen LogP contribution in [0.3, 0.4) is 0 Å². The first-order chi connectivity index (χ1) is 5.24. The zero-order valence-corrected chi connectivity index (χ0v) is 7.43. The topological polar surface area (TPSA) is 38.3 Å². The lowest BCUT2D eigenvalue weighted by Gasteiger charge is -2.10. The molecular formula is C7H13NO2S. The molecule has 0 aliphatic heterocycles. The summed E-state index contributed by atoms with van der Waals surface area (Å²) >= 11 is 4.00. The fourth-order valence-corrected chi connectivity index (χ4v) is 0.744. The van der Waals surface area contributed by atoms with Crippen molar-refractivity contribution < 1.29 is 9.53 Å². The molecule has 3 nitrogen and oxygen atoms in total. The molecule has 0 aromatic rings. The second kappa shape index (κ2) is 6.09. The summed E-state index contributed by atoms with van der Waals surface area (Å²) in [6, 6.07) is -0.114. The van der Waals surface area contributed by atoms with E-state index in [1.807, 2.05) is 0 Å². The van der Waals surface area contributed by atoms with Gasteiger partial charge in [-0.2, -0.15) is 12.6 Å². The van der Waals surface area contributed by atoms with Crippen LogP contribution in [0.5, 0.6) is 0 Å². The van der Waals surface area contributed by atoms with Gasteiger partial charge in [0.2, 0.25) is 0 Å². The Labute approximate surface area is 72.2 Å². The molecule has 0 bridgehead atoms. The van der Waals surface area contributed by atoms with Crippen molar-refractivity contribution in [3.63, 3.8) is 0 Å². The Bertz CT molecular complexity index is 138. The number of nitrogens with one attached hydrogen (secondary N) is 1. The highest BCUT2D eigenvalue weighted by Crippen LogP contribution is 1.89. The predicted molar refractivity (Wildman–Crippen MR) is 48.0 cm³/mol. The molecule has 0 aromatic heterocycles. The molecule has 0 radical (unpaired) electrons. The lowest BCUT2D eigenvalue weighted by Crippen LogP contribution is -2.34. The lowest BCUT2D eigenvalue weighted by atomic mass is 10.3. The quantitative estimate of drug-likeness (QED) is 0.498. The molecule has 0 saturated carbocycles. The minimum Gasteiger partial charge on any atom is -0.450 e. The Kier molecular flexibility index (Phi) is 5.74. The molecule has 0 rings (SSSR count). The molecule has 1 unspecified atom stereocenters. The Balaban J connectivity index is 3.62. The van der Waals surface area contributed by atoms with Crippen molar-refractivity contribution in [2.24, 2.45) is 0 Å². The molecule has 1 N–H and O–H groups in total. The maximum atomic E-state index is 10.8. The summed E-state index contributed by atoms with van der Waals surface area (Å²) in [4.78, 5) is 10.8. The number of ether oxygens (including phenoxy) is 1. The molecule has 0 aromatic carbocycles. The standard InChI is InChI=1S/C7H13NO2S/c1-3-6(5-11)8-7(9)10-4-2/h3,6,11H,1,4-5H2,2H3,(H,8,9). The first-order valence-corrected chi connectivity index (χ1v) is 4.04. The van der Waals surface area contributed by atoms with Gasteiger partial charge in [0.15, 0.2) is 0 Å². The molecule has 64 valence electrons. The van der Waals surface area contributed by atoms with Gasteiger partial charge in [-0.05, 0) is 6.92 Å². The minimum absolute atomic E-state index is 0.114. The van der Waals surface area contributed by atoms with Crippen molar-refractivity contribution in [2.75, 3.05) is 12.4 Å². The van der Waals surface area contributed by atoms with Crippen LogP contribution < -0.4 is 5.32 Å². The third kappa shape index (κ3) is 4.72. The van der Waals surface area contributed by atoms with Gasteiger partial charge in [-0.25, -0.2) is 4.79 Å². The van der Waals surface area contributed by atoms with Crippen LogP contribution in [0.1, 0.15) is 6.92 Å². The van der Waals surface area contributed by atoms with Crippen molar-refractivity contribution in [3.8, 4) is 0 Å². The number of hydrogen-bond donors (Lipinski definition) is 2. The Hall–Kier alpha value is -0.640. The number of amides is 1. The summed E-state index contributed by atoms with van der Waals surface area (Å²) in [6.45, 7) is 5.66.